The molecule has 6 heteroatoms. The number of thiophene rings is 1. The van der Waals surface area contributed by atoms with E-state index >= 15 is 0 Å². The van der Waals surface area contributed by atoms with Crippen molar-refractivity contribution in [2.24, 2.45) is 5.92 Å². The molecule has 0 bridgehead atoms. The van der Waals surface area contributed by atoms with E-state index in [0.717, 1.165) is 31.9 Å². The molecule has 3 fully saturated rings. The minimum Gasteiger partial charge on any atom is -0.422 e. The van der Waals surface area contributed by atoms with Gasteiger partial charge < -0.3 is 9.15 Å². The van der Waals surface area contributed by atoms with Gasteiger partial charge >= 0.3 is 0 Å². The Hall–Kier alpha value is -1.24. The quantitative estimate of drug-likeness (QED) is 0.846. The summed E-state index contributed by atoms with van der Waals surface area (Å²) in [6.07, 6.45) is 4.92. The van der Waals surface area contributed by atoms with Gasteiger partial charge in [0, 0.05) is 23.9 Å². The van der Waals surface area contributed by atoms with Gasteiger partial charge in [-0.3, -0.25) is 4.90 Å². The van der Waals surface area contributed by atoms with Gasteiger partial charge in [-0.05, 0) is 62.1 Å². The number of piperidine rings is 1. The Labute approximate surface area is 146 Å². The molecule has 1 saturated carbocycles. The van der Waals surface area contributed by atoms with Gasteiger partial charge in [-0.2, -0.15) is 0 Å². The fourth-order valence-electron chi connectivity index (χ4n) is 3.94. The van der Waals surface area contributed by atoms with Gasteiger partial charge in [0.2, 0.25) is 11.8 Å². The Morgan fingerprint density at radius 1 is 1.25 bits per heavy atom. The van der Waals surface area contributed by atoms with E-state index in [4.69, 9.17) is 9.15 Å². The van der Waals surface area contributed by atoms with E-state index in [1.165, 1.54) is 29.7 Å². The molecule has 4 heterocycles. The molecule has 128 valence electrons. The molecule has 1 aliphatic carbocycles. The first-order valence-corrected chi connectivity index (χ1v) is 9.88. The van der Waals surface area contributed by atoms with Crippen LogP contribution >= 0.6 is 11.3 Å². The number of aromatic nitrogens is 2. The first-order valence-electron chi connectivity index (χ1n) is 9.00. The largest absolute Gasteiger partial charge is 0.422 e. The topological polar surface area (TPSA) is 51.4 Å². The van der Waals surface area contributed by atoms with Crippen LogP contribution in [-0.2, 0) is 11.3 Å². The molecule has 2 aromatic rings. The van der Waals surface area contributed by atoms with Gasteiger partial charge in [0.05, 0.1) is 6.10 Å². The minimum atomic E-state index is 0.00317. The van der Waals surface area contributed by atoms with Crippen LogP contribution in [0.3, 0.4) is 0 Å². The van der Waals surface area contributed by atoms with Crippen LogP contribution in [0.4, 0.5) is 0 Å². The fraction of sp³-hybridized carbons (Fsp3) is 0.667. The van der Waals surface area contributed by atoms with Gasteiger partial charge in [-0.15, -0.1) is 21.5 Å². The molecule has 2 saturated heterocycles. The molecule has 0 N–H and O–H groups in total. The monoisotopic (exact) mass is 345 g/mol. The highest BCUT2D eigenvalue weighted by Gasteiger charge is 2.42. The van der Waals surface area contributed by atoms with E-state index in [9.17, 15) is 0 Å². The Kier molecular flexibility index (Phi) is 3.72. The number of ether oxygens (including phenoxy) is 1. The van der Waals surface area contributed by atoms with Crippen molar-refractivity contribution in [1.29, 1.82) is 0 Å². The summed E-state index contributed by atoms with van der Waals surface area (Å²) in [6, 6.07) is 2.21. The molecule has 24 heavy (non-hydrogen) atoms. The second-order valence-corrected chi connectivity index (χ2v) is 8.46. The van der Waals surface area contributed by atoms with Crippen molar-refractivity contribution in [3.63, 3.8) is 0 Å². The van der Waals surface area contributed by atoms with Gasteiger partial charge in [-0.1, -0.05) is 0 Å². The number of aryl methyl sites for hydroxylation is 1. The molecule has 2 aliphatic heterocycles. The van der Waals surface area contributed by atoms with Crippen LogP contribution in [0.2, 0.25) is 0 Å². The fourth-order valence-corrected chi connectivity index (χ4v) is 4.89. The SMILES string of the molecule is Cc1ccsc1CN1CC[C@@H]2C[C@H](c3nnc(C4CC4)o3)O[C@H]2C1. The van der Waals surface area contributed by atoms with Crippen LogP contribution in [-0.4, -0.2) is 34.3 Å². The molecular formula is C18H23N3O2S. The second-order valence-electron chi connectivity index (χ2n) is 7.46. The highest BCUT2D eigenvalue weighted by molar-refractivity contribution is 7.10. The first-order chi connectivity index (χ1) is 11.8. The van der Waals surface area contributed by atoms with Gasteiger partial charge in [0.25, 0.3) is 0 Å². The van der Waals surface area contributed by atoms with E-state index < -0.39 is 0 Å². The minimum absolute atomic E-state index is 0.00317. The molecule has 5 nitrogen and oxygen atoms in total. The highest BCUT2D eigenvalue weighted by Crippen LogP contribution is 2.43. The summed E-state index contributed by atoms with van der Waals surface area (Å²) in [4.78, 5) is 4.01. The van der Waals surface area contributed by atoms with E-state index in [2.05, 4.69) is 33.5 Å². The summed E-state index contributed by atoms with van der Waals surface area (Å²) in [7, 11) is 0. The molecular weight excluding hydrogens is 322 g/mol. The first kappa shape index (κ1) is 15.0. The zero-order valence-electron chi connectivity index (χ0n) is 14.0. The Morgan fingerprint density at radius 3 is 2.92 bits per heavy atom. The van der Waals surface area contributed by atoms with Gasteiger partial charge in [-0.25, -0.2) is 0 Å². The van der Waals surface area contributed by atoms with Gasteiger partial charge in [0.1, 0.15) is 6.10 Å². The second kappa shape index (κ2) is 5.93. The summed E-state index contributed by atoms with van der Waals surface area (Å²) in [5.41, 5.74) is 1.41. The summed E-state index contributed by atoms with van der Waals surface area (Å²) in [5.74, 6) is 2.66. The van der Waals surface area contributed by atoms with Crippen LogP contribution in [0.25, 0.3) is 0 Å². The lowest BCUT2D eigenvalue weighted by Crippen LogP contribution is -2.41. The van der Waals surface area contributed by atoms with Crippen LogP contribution in [0.15, 0.2) is 15.9 Å². The molecule has 0 amide bonds. The third-order valence-corrected chi connectivity index (χ3v) is 6.64. The van der Waals surface area contributed by atoms with Crippen molar-refractivity contribution in [2.75, 3.05) is 13.1 Å². The molecule has 3 aliphatic rings. The van der Waals surface area contributed by atoms with Crippen molar-refractivity contribution in [3.05, 3.63) is 33.7 Å². The number of hydrogen-bond donors (Lipinski definition) is 0. The van der Waals surface area contributed by atoms with Crippen molar-refractivity contribution in [3.8, 4) is 0 Å². The van der Waals surface area contributed by atoms with E-state index in [1.807, 2.05) is 11.3 Å². The molecule has 5 rings (SSSR count). The third-order valence-electron chi connectivity index (χ3n) is 5.63. The van der Waals surface area contributed by atoms with Crippen molar-refractivity contribution >= 4 is 11.3 Å². The molecule has 3 atom stereocenters. The van der Waals surface area contributed by atoms with Crippen molar-refractivity contribution in [1.82, 2.24) is 15.1 Å². The summed E-state index contributed by atoms with van der Waals surface area (Å²) >= 11 is 1.86. The van der Waals surface area contributed by atoms with Crippen molar-refractivity contribution in [2.45, 2.75) is 57.3 Å². The van der Waals surface area contributed by atoms with E-state index in [-0.39, 0.29) is 6.10 Å². The predicted octanol–water partition coefficient (Wildman–Crippen LogP) is 3.67. The Bertz CT molecular complexity index is 723. The number of nitrogens with zero attached hydrogens (tertiary/aromatic N) is 3. The summed E-state index contributed by atoms with van der Waals surface area (Å²) in [5, 5.41) is 10.7. The van der Waals surface area contributed by atoms with E-state index in [0.29, 0.717) is 23.8 Å². The number of likely N-dealkylation sites (tertiary alicyclic amines) is 1. The average molecular weight is 345 g/mol. The maximum Gasteiger partial charge on any atom is 0.245 e. The number of rotatable bonds is 4. The number of hydrogen-bond acceptors (Lipinski definition) is 6. The van der Waals surface area contributed by atoms with Crippen LogP contribution in [0.1, 0.15) is 59.9 Å². The Morgan fingerprint density at radius 2 is 2.12 bits per heavy atom. The summed E-state index contributed by atoms with van der Waals surface area (Å²) in [6.45, 7) is 5.43. The van der Waals surface area contributed by atoms with Crippen LogP contribution < -0.4 is 0 Å². The zero-order chi connectivity index (χ0) is 16.1. The van der Waals surface area contributed by atoms with Gasteiger partial charge in [0.15, 0.2) is 0 Å². The highest BCUT2D eigenvalue weighted by atomic mass is 32.1. The molecule has 0 unspecified atom stereocenters. The lowest BCUT2D eigenvalue weighted by molar-refractivity contribution is -0.0175. The predicted molar refractivity (Wildman–Crippen MR) is 90.9 cm³/mol. The van der Waals surface area contributed by atoms with Crippen molar-refractivity contribution < 1.29 is 9.15 Å². The molecule has 0 aromatic carbocycles. The lowest BCUT2D eigenvalue weighted by Gasteiger charge is -2.33. The third kappa shape index (κ3) is 2.80. The maximum atomic E-state index is 6.31. The van der Waals surface area contributed by atoms with Crippen LogP contribution in [0.5, 0.6) is 0 Å². The normalized spacial score (nSPS) is 30.6. The maximum absolute atomic E-state index is 6.31. The number of fused-ring (bicyclic) bond motifs is 1. The van der Waals surface area contributed by atoms with Crippen LogP contribution in [0, 0.1) is 12.8 Å². The average Bonchev–Trinajstić information content (AvgIpc) is 2.99. The lowest BCUT2D eigenvalue weighted by atomic mass is 9.91. The molecule has 2 aromatic heterocycles. The molecule has 0 spiro atoms. The van der Waals surface area contributed by atoms with E-state index in [1.54, 1.807) is 0 Å². The standard InChI is InChI=1S/C18H23N3O2S/c1-11-5-7-24-16(11)10-21-6-4-13-8-14(22-15(13)9-21)18-20-19-17(23-18)12-2-3-12/h5,7,12-15H,2-4,6,8-10H2,1H3/t13-,14-,15+/m1/s1. The smallest absolute Gasteiger partial charge is 0.245 e. The molecule has 0 radical (unpaired) electrons. The zero-order valence-corrected chi connectivity index (χ0v) is 14.8. The summed E-state index contributed by atoms with van der Waals surface area (Å²) < 4.78 is 12.2. The Balaban J connectivity index is 1.23.